The molecule has 0 unspecified atom stereocenters. The van der Waals surface area contributed by atoms with E-state index in [1.54, 1.807) is 0 Å². The van der Waals surface area contributed by atoms with E-state index in [2.05, 4.69) is 27.7 Å². The van der Waals surface area contributed by atoms with E-state index in [1.165, 1.54) is 250 Å². The van der Waals surface area contributed by atoms with Crippen LogP contribution >= 0.6 is 0 Å². The molecule has 6 nitrogen and oxygen atoms in total. The summed E-state index contributed by atoms with van der Waals surface area (Å²) in [6.45, 7) is 9.08. The predicted octanol–water partition coefficient (Wildman–Crippen LogP) is 20.6. The van der Waals surface area contributed by atoms with Gasteiger partial charge >= 0.3 is 17.9 Å². The third-order valence-corrected chi connectivity index (χ3v) is 14.3. The van der Waals surface area contributed by atoms with Crippen molar-refractivity contribution in [1.29, 1.82) is 0 Å². The average Bonchev–Trinajstić information content (AvgIpc) is 3.32. The van der Waals surface area contributed by atoms with Gasteiger partial charge in [-0.1, -0.05) is 317 Å². The first kappa shape index (κ1) is 66.4. The molecule has 0 saturated heterocycles. The monoisotopic (exact) mass is 961 g/mol. The molecule has 0 amide bonds. The number of hydrogen-bond donors (Lipinski definition) is 0. The molecule has 0 N–H and O–H groups in total. The van der Waals surface area contributed by atoms with Crippen molar-refractivity contribution >= 4 is 17.9 Å². The first-order valence-corrected chi connectivity index (χ1v) is 30.9. The lowest BCUT2D eigenvalue weighted by Crippen LogP contribution is -2.30. The largest absolute Gasteiger partial charge is 0.462 e. The maximum atomic E-state index is 12.9. The Labute approximate surface area is 425 Å². The molecule has 0 radical (unpaired) electrons. The second-order valence-corrected chi connectivity index (χ2v) is 21.8. The zero-order valence-electron chi connectivity index (χ0n) is 46.6. The van der Waals surface area contributed by atoms with Crippen LogP contribution in [0.1, 0.15) is 355 Å². The molecule has 0 aliphatic carbocycles. The van der Waals surface area contributed by atoms with Gasteiger partial charge in [-0.3, -0.25) is 14.4 Å². The topological polar surface area (TPSA) is 78.9 Å². The lowest BCUT2D eigenvalue weighted by atomic mass is 10.0. The summed E-state index contributed by atoms with van der Waals surface area (Å²) in [7, 11) is 0. The van der Waals surface area contributed by atoms with Gasteiger partial charge in [-0.25, -0.2) is 0 Å². The van der Waals surface area contributed by atoms with Crippen LogP contribution in [0, 0.1) is 5.92 Å². The molecule has 0 fully saturated rings. The van der Waals surface area contributed by atoms with Crippen molar-refractivity contribution in [3.8, 4) is 0 Å². The maximum Gasteiger partial charge on any atom is 0.306 e. The minimum atomic E-state index is -0.762. The van der Waals surface area contributed by atoms with Crippen LogP contribution in [0.2, 0.25) is 0 Å². The minimum absolute atomic E-state index is 0.0613. The van der Waals surface area contributed by atoms with Crippen LogP contribution in [0.4, 0.5) is 0 Å². The Balaban J connectivity index is 4.28. The number of rotatable bonds is 57. The van der Waals surface area contributed by atoms with Crippen LogP contribution < -0.4 is 0 Å². The molecule has 0 bridgehead atoms. The number of carbonyl (C=O) groups is 3. The van der Waals surface area contributed by atoms with Crippen molar-refractivity contribution in [3.63, 3.8) is 0 Å². The van der Waals surface area contributed by atoms with Gasteiger partial charge in [0, 0.05) is 19.3 Å². The molecule has 0 aliphatic rings. The highest BCUT2D eigenvalue weighted by atomic mass is 16.6. The van der Waals surface area contributed by atoms with Crippen molar-refractivity contribution in [1.82, 2.24) is 0 Å². The van der Waals surface area contributed by atoms with Crippen LogP contribution in [0.15, 0.2) is 0 Å². The van der Waals surface area contributed by atoms with Gasteiger partial charge in [0.05, 0.1) is 0 Å². The third-order valence-electron chi connectivity index (χ3n) is 14.3. The average molecular weight is 962 g/mol. The molecule has 0 aromatic carbocycles. The summed E-state index contributed by atoms with van der Waals surface area (Å²) < 4.78 is 16.9. The Morgan fingerprint density at radius 3 is 0.721 bits per heavy atom. The lowest BCUT2D eigenvalue weighted by molar-refractivity contribution is -0.167. The SMILES string of the molecule is CCCCCCCCCCCCCCCCCCCCC(=O)OC[C@H](COC(=O)CCCCCCCCCCCCCCCCC(C)C)OC(=O)CCCCCCCCCCCCCCCCC. The van der Waals surface area contributed by atoms with E-state index in [0.29, 0.717) is 19.3 Å². The zero-order valence-corrected chi connectivity index (χ0v) is 46.6. The van der Waals surface area contributed by atoms with Crippen molar-refractivity contribution in [2.24, 2.45) is 5.92 Å². The quantitative estimate of drug-likeness (QED) is 0.0343. The first-order chi connectivity index (χ1) is 33.4. The molecule has 0 saturated carbocycles. The van der Waals surface area contributed by atoms with E-state index in [1.807, 2.05) is 0 Å². The summed E-state index contributed by atoms with van der Waals surface area (Å²) >= 11 is 0. The molecule has 6 heteroatoms. The molecule has 404 valence electrons. The van der Waals surface area contributed by atoms with Gasteiger partial charge in [-0.15, -0.1) is 0 Å². The first-order valence-electron chi connectivity index (χ1n) is 30.9. The Hall–Kier alpha value is -1.59. The molecule has 68 heavy (non-hydrogen) atoms. The Morgan fingerprint density at radius 1 is 0.279 bits per heavy atom. The van der Waals surface area contributed by atoms with Crippen LogP contribution in [-0.4, -0.2) is 37.2 Å². The second kappa shape index (κ2) is 56.3. The summed E-state index contributed by atoms with van der Waals surface area (Å²) in [5.41, 5.74) is 0. The van der Waals surface area contributed by atoms with Crippen molar-refractivity contribution < 1.29 is 28.6 Å². The summed E-state index contributed by atoms with van der Waals surface area (Å²) in [6, 6.07) is 0. The molecule has 0 rings (SSSR count). The summed E-state index contributed by atoms with van der Waals surface area (Å²) in [5.74, 6) is 0.0150. The Bertz CT molecular complexity index is 1030. The van der Waals surface area contributed by atoms with Gasteiger partial charge in [0.2, 0.25) is 0 Å². The summed E-state index contributed by atoms with van der Waals surface area (Å²) in [5, 5.41) is 0. The van der Waals surface area contributed by atoms with Crippen LogP contribution in [0.5, 0.6) is 0 Å². The van der Waals surface area contributed by atoms with E-state index in [0.717, 1.165) is 63.7 Å². The lowest BCUT2D eigenvalue weighted by Gasteiger charge is -2.18. The molecule has 0 aromatic heterocycles. The van der Waals surface area contributed by atoms with Crippen molar-refractivity contribution in [2.75, 3.05) is 13.2 Å². The standard InChI is InChI=1S/C62H120O6/c1-5-7-9-11-13-15-17-19-21-22-23-25-29-33-37-41-45-49-53-60(63)66-56-59(68-62(65)55-51-47-43-39-35-31-24-20-18-16-14-12-10-8-6-2)57-67-61(64)54-50-46-42-38-34-30-27-26-28-32-36-40-44-48-52-58(3)4/h58-59H,5-57H2,1-4H3/t59-/m1/s1. The van der Waals surface area contributed by atoms with Crippen LogP contribution in [-0.2, 0) is 28.6 Å². The highest BCUT2D eigenvalue weighted by molar-refractivity contribution is 5.71. The van der Waals surface area contributed by atoms with E-state index < -0.39 is 6.10 Å². The molecule has 0 heterocycles. The number of ether oxygens (including phenoxy) is 3. The van der Waals surface area contributed by atoms with E-state index in [9.17, 15) is 14.4 Å². The summed E-state index contributed by atoms with van der Waals surface area (Å²) in [6.07, 6.45) is 62.4. The summed E-state index contributed by atoms with van der Waals surface area (Å²) in [4.78, 5) is 38.2. The number of carbonyl (C=O) groups excluding carboxylic acids is 3. The van der Waals surface area contributed by atoms with Gasteiger partial charge in [0.15, 0.2) is 6.10 Å². The molecule has 1 atom stereocenters. The molecule has 0 aliphatic heterocycles. The maximum absolute atomic E-state index is 12.9. The van der Waals surface area contributed by atoms with Gasteiger partial charge < -0.3 is 14.2 Å². The smallest absolute Gasteiger partial charge is 0.306 e. The number of esters is 3. The molecular formula is C62H120O6. The van der Waals surface area contributed by atoms with Crippen molar-refractivity contribution in [3.05, 3.63) is 0 Å². The fourth-order valence-corrected chi connectivity index (χ4v) is 9.63. The van der Waals surface area contributed by atoms with Gasteiger partial charge in [-0.05, 0) is 25.2 Å². The highest BCUT2D eigenvalue weighted by Gasteiger charge is 2.19. The normalized spacial score (nSPS) is 12.0. The molecule has 0 aromatic rings. The number of unbranched alkanes of at least 4 members (excludes halogenated alkanes) is 44. The van der Waals surface area contributed by atoms with E-state index in [-0.39, 0.29) is 31.1 Å². The number of hydrogen-bond acceptors (Lipinski definition) is 6. The van der Waals surface area contributed by atoms with Crippen LogP contribution in [0.25, 0.3) is 0 Å². The highest BCUT2D eigenvalue weighted by Crippen LogP contribution is 2.18. The van der Waals surface area contributed by atoms with Gasteiger partial charge in [0.25, 0.3) is 0 Å². The fourth-order valence-electron chi connectivity index (χ4n) is 9.63. The van der Waals surface area contributed by atoms with Gasteiger partial charge in [-0.2, -0.15) is 0 Å². The Morgan fingerprint density at radius 2 is 0.485 bits per heavy atom. The zero-order chi connectivity index (χ0) is 49.5. The molecular weight excluding hydrogens is 841 g/mol. The van der Waals surface area contributed by atoms with E-state index >= 15 is 0 Å². The van der Waals surface area contributed by atoms with Crippen molar-refractivity contribution in [2.45, 2.75) is 361 Å². The second-order valence-electron chi connectivity index (χ2n) is 21.8. The Kier molecular flexibility index (Phi) is 55.0. The van der Waals surface area contributed by atoms with E-state index in [4.69, 9.17) is 14.2 Å². The molecule has 0 spiro atoms. The fraction of sp³-hybridized carbons (Fsp3) is 0.952. The minimum Gasteiger partial charge on any atom is -0.462 e. The van der Waals surface area contributed by atoms with Crippen LogP contribution in [0.3, 0.4) is 0 Å². The predicted molar refractivity (Wildman–Crippen MR) is 293 cm³/mol. The van der Waals surface area contributed by atoms with Gasteiger partial charge in [0.1, 0.15) is 13.2 Å². The third kappa shape index (κ3) is 55.3.